The van der Waals surface area contributed by atoms with Crippen molar-refractivity contribution < 1.29 is 9.59 Å². The lowest BCUT2D eigenvalue weighted by Gasteiger charge is -2.31. The van der Waals surface area contributed by atoms with Crippen molar-refractivity contribution in [3.8, 4) is 0 Å². The molecule has 2 aliphatic rings. The van der Waals surface area contributed by atoms with E-state index in [2.05, 4.69) is 21.2 Å². The van der Waals surface area contributed by atoms with Gasteiger partial charge in [0.25, 0.3) is 0 Å². The molecule has 1 heterocycles. The molecule has 1 aliphatic carbocycles. The molecular formula is C18H23BrN2O2. The number of halogens is 1. The lowest BCUT2D eigenvalue weighted by molar-refractivity contribution is -0.130. The molecule has 0 aromatic heterocycles. The molecule has 4 nitrogen and oxygen atoms in total. The molecule has 1 saturated heterocycles. The maximum atomic E-state index is 12.5. The van der Waals surface area contributed by atoms with Crippen LogP contribution in [-0.4, -0.2) is 29.3 Å². The fourth-order valence-corrected chi connectivity index (χ4v) is 3.87. The van der Waals surface area contributed by atoms with E-state index in [1.165, 1.54) is 19.3 Å². The highest BCUT2D eigenvalue weighted by molar-refractivity contribution is 9.10. The van der Waals surface area contributed by atoms with Crippen LogP contribution < -0.4 is 5.32 Å². The largest absolute Gasteiger partial charge is 0.339 e. The Morgan fingerprint density at radius 1 is 1.26 bits per heavy atom. The number of carbonyl (C=O) groups excluding carboxylic acids is 2. The van der Waals surface area contributed by atoms with Crippen LogP contribution in [0.4, 0.5) is 5.69 Å². The monoisotopic (exact) mass is 378 g/mol. The fraction of sp³-hybridized carbons (Fsp3) is 0.556. The molecule has 0 unspecified atom stereocenters. The molecule has 124 valence electrons. The first-order chi connectivity index (χ1) is 11.0. The Labute approximate surface area is 145 Å². The summed E-state index contributed by atoms with van der Waals surface area (Å²) < 4.78 is 1.02. The smallest absolute Gasteiger partial charge is 0.229 e. The second kappa shape index (κ2) is 7.04. The predicted octanol–water partition coefficient (Wildman–Crippen LogP) is 3.88. The zero-order valence-electron chi connectivity index (χ0n) is 13.5. The Hall–Kier alpha value is -1.36. The summed E-state index contributed by atoms with van der Waals surface area (Å²) in [4.78, 5) is 26.7. The standard InChI is InChI=1S/C18H23BrN2O2/c1-12-9-14(7-8-16(12)19)20-18(23)13-10-17(22)21(11-13)15-5-3-2-4-6-15/h7-9,13,15H,2-6,10-11H2,1H3,(H,20,23)/t13-/m0/s1. The summed E-state index contributed by atoms with van der Waals surface area (Å²) in [5.41, 5.74) is 1.87. The van der Waals surface area contributed by atoms with Gasteiger partial charge in [-0.15, -0.1) is 0 Å². The number of nitrogens with one attached hydrogen (secondary N) is 1. The Morgan fingerprint density at radius 3 is 2.70 bits per heavy atom. The van der Waals surface area contributed by atoms with E-state index in [4.69, 9.17) is 0 Å². The maximum absolute atomic E-state index is 12.5. The summed E-state index contributed by atoms with van der Waals surface area (Å²) in [5, 5.41) is 2.96. The number of anilines is 1. The number of likely N-dealkylation sites (tertiary alicyclic amines) is 1. The molecule has 5 heteroatoms. The zero-order chi connectivity index (χ0) is 16.4. The number of rotatable bonds is 3. The van der Waals surface area contributed by atoms with E-state index in [0.29, 0.717) is 19.0 Å². The molecular weight excluding hydrogens is 356 g/mol. The first-order valence-corrected chi connectivity index (χ1v) is 9.20. The third kappa shape index (κ3) is 3.77. The van der Waals surface area contributed by atoms with E-state index in [1.54, 1.807) is 0 Å². The van der Waals surface area contributed by atoms with Gasteiger partial charge in [-0.2, -0.15) is 0 Å². The second-order valence-corrected chi connectivity index (χ2v) is 7.55. The highest BCUT2D eigenvalue weighted by Gasteiger charge is 2.38. The van der Waals surface area contributed by atoms with Gasteiger partial charge in [-0.25, -0.2) is 0 Å². The summed E-state index contributed by atoms with van der Waals surface area (Å²) in [5.74, 6) is -0.129. The molecule has 1 saturated carbocycles. The Balaban J connectivity index is 1.61. The fourth-order valence-electron chi connectivity index (χ4n) is 3.62. The second-order valence-electron chi connectivity index (χ2n) is 6.69. The Kier molecular flexibility index (Phi) is 5.05. The molecule has 2 amide bonds. The maximum Gasteiger partial charge on any atom is 0.229 e. The van der Waals surface area contributed by atoms with Gasteiger partial charge in [0.2, 0.25) is 11.8 Å². The van der Waals surface area contributed by atoms with Crippen molar-refractivity contribution in [2.75, 3.05) is 11.9 Å². The van der Waals surface area contributed by atoms with Crippen molar-refractivity contribution in [3.05, 3.63) is 28.2 Å². The van der Waals surface area contributed by atoms with E-state index in [0.717, 1.165) is 28.6 Å². The average molecular weight is 379 g/mol. The summed E-state index contributed by atoms with van der Waals surface area (Å²) in [6.45, 7) is 2.56. The van der Waals surface area contributed by atoms with Crippen LogP contribution in [0.5, 0.6) is 0 Å². The van der Waals surface area contributed by atoms with Crippen LogP contribution in [-0.2, 0) is 9.59 Å². The lowest BCUT2D eigenvalue weighted by atomic mass is 9.94. The van der Waals surface area contributed by atoms with Gasteiger partial charge in [0.1, 0.15) is 0 Å². The quantitative estimate of drug-likeness (QED) is 0.867. The molecule has 3 rings (SSSR count). The zero-order valence-corrected chi connectivity index (χ0v) is 15.1. The third-order valence-electron chi connectivity index (χ3n) is 4.97. The number of hydrogen-bond acceptors (Lipinski definition) is 2. The molecule has 0 spiro atoms. The van der Waals surface area contributed by atoms with E-state index in [-0.39, 0.29) is 17.7 Å². The van der Waals surface area contributed by atoms with Crippen molar-refractivity contribution in [1.29, 1.82) is 0 Å². The average Bonchev–Trinajstić information content (AvgIpc) is 2.94. The van der Waals surface area contributed by atoms with Crippen LogP contribution in [0.1, 0.15) is 44.1 Å². The van der Waals surface area contributed by atoms with E-state index in [1.807, 2.05) is 30.0 Å². The van der Waals surface area contributed by atoms with Gasteiger partial charge in [0.05, 0.1) is 5.92 Å². The minimum atomic E-state index is -0.228. The number of hydrogen-bond donors (Lipinski definition) is 1. The van der Waals surface area contributed by atoms with Gasteiger partial charge in [-0.05, 0) is 43.5 Å². The molecule has 1 aromatic rings. The highest BCUT2D eigenvalue weighted by atomic mass is 79.9. The normalized spacial score (nSPS) is 22.4. The molecule has 0 bridgehead atoms. The van der Waals surface area contributed by atoms with Crippen LogP contribution in [0.25, 0.3) is 0 Å². The first-order valence-electron chi connectivity index (χ1n) is 8.41. The Morgan fingerprint density at radius 2 is 2.00 bits per heavy atom. The SMILES string of the molecule is Cc1cc(NC(=O)[C@H]2CC(=O)N(C3CCCCC3)C2)ccc1Br. The van der Waals surface area contributed by atoms with Crippen molar-refractivity contribution in [1.82, 2.24) is 4.90 Å². The van der Waals surface area contributed by atoms with Crippen LogP contribution in [0.3, 0.4) is 0 Å². The number of amides is 2. The van der Waals surface area contributed by atoms with Crippen LogP contribution in [0.2, 0.25) is 0 Å². The third-order valence-corrected chi connectivity index (χ3v) is 5.86. The van der Waals surface area contributed by atoms with E-state index < -0.39 is 0 Å². The molecule has 1 aromatic carbocycles. The van der Waals surface area contributed by atoms with E-state index >= 15 is 0 Å². The van der Waals surface area contributed by atoms with Gasteiger partial charge in [-0.1, -0.05) is 35.2 Å². The van der Waals surface area contributed by atoms with Gasteiger partial charge in [0, 0.05) is 29.2 Å². The first kappa shape index (κ1) is 16.5. The van der Waals surface area contributed by atoms with Gasteiger partial charge in [0.15, 0.2) is 0 Å². The number of aryl methyl sites for hydroxylation is 1. The summed E-state index contributed by atoms with van der Waals surface area (Å²) in [6, 6.07) is 6.10. The van der Waals surface area contributed by atoms with Crippen molar-refractivity contribution >= 4 is 33.4 Å². The molecule has 2 fully saturated rings. The van der Waals surface area contributed by atoms with Crippen molar-refractivity contribution in [2.24, 2.45) is 5.92 Å². The summed E-state index contributed by atoms with van der Waals surface area (Å²) in [7, 11) is 0. The number of carbonyl (C=O) groups is 2. The van der Waals surface area contributed by atoms with Crippen LogP contribution in [0, 0.1) is 12.8 Å². The highest BCUT2D eigenvalue weighted by Crippen LogP contribution is 2.29. The number of nitrogens with zero attached hydrogens (tertiary/aromatic N) is 1. The van der Waals surface area contributed by atoms with Crippen molar-refractivity contribution in [2.45, 2.75) is 51.5 Å². The molecule has 0 radical (unpaired) electrons. The van der Waals surface area contributed by atoms with Gasteiger partial charge in [-0.3, -0.25) is 9.59 Å². The van der Waals surface area contributed by atoms with Crippen LogP contribution in [0.15, 0.2) is 22.7 Å². The molecule has 1 N–H and O–H groups in total. The van der Waals surface area contributed by atoms with E-state index in [9.17, 15) is 9.59 Å². The lowest BCUT2D eigenvalue weighted by Crippen LogP contribution is -2.38. The van der Waals surface area contributed by atoms with Crippen molar-refractivity contribution in [3.63, 3.8) is 0 Å². The molecule has 1 aliphatic heterocycles. The van der Waals surface area contributed by atoms with Gasteiger partial charge < -0.3 is 10.2 Å². The molecule has 23 heavy (non-hydrogen) atoms. The van der Waals surface area contributed by atoms with Gasteiger partial charge >= 0.3 is 0 Å². The summed E-state index contributed by atoms with van der Waals surface area (Å²) in [6.07, 6.45) is 6.19. The minimum absolute atomic E-state index is 0.0432. The summed E-state index contributed by atoms with van der Waals surface area (Å²) >= 11 is 3.46. The Bertz CT molecular complexity index is 611. The number of benzene rings is 1. The van der Waals surface area contributed by atoms with Crippen LogP contribution >= 0.6 is 15.9 Å². The topological polar surface area (TPSA) is 49.4 Å². The molecule has 1 atom stereocenters. The predicted molar refractivity (Wildman–Crippen MR) is 94.2 cm³/mol. The minimum Gasteiger partial charge on any atom is -0.339 e.